The Morgan fingerprint density at radius 1 is 1.07 bits per heavy atom. The van der Waals surface area contributed by atoms with Crippen LogP contribution in [0, 0.1) is 11.7 Å². The normalized spacial score (nSPS) is 17.1. The van der Waals surface area contributed by atoms with E-state index in [1.807, 2.05) is 0 Å². The third-order valence-electron chi connectivity index (χ3n) is 7.33. The fourth-order valence-electron chi connectivity index (χ4n) is 5.28. The molecule has 1 saturated carbocycles. The Balaban J connectivity index is 1.33. The van der Waals surface area contributed by atoms with Gasteiger partial charge < -0.3 is 10.6 Å². The molecule has 1 aliphatic carbocycles. The summed E-state index contributed by atoms with van der Waals surface area (Å²) in [5, 5.41) is 5.37. The van der Waals surface area contributed by atoms with E-state index in [-0.39, 0.29) is 39.7 Å². The quantitative estimate of drug-likeness (QED) is 0.327. The summed E-state index contributed by atoms with van der Waals surface area (Å²) in [5.41, 5.74) is -0.304. The molecule has 3 heterocycles. The molecule has 0 bridgehead atoms. The van der Waals surface area contributed by atoms with Gasteiger partial charge >= 0.3 is 5.69 Å². The third-order valence-corrected chi connectivity index (χ3v) is 7.53. The zero-order valence-corrected chi connectivity index (χ0v) is 22.7. The van der Waals surface area contributed by atoms with Crippen LogP contribution in [0.3, 0.4) is 0 Å². The monoisotopic (exact) mass is 586 g/mol. The van der Waals surface area contributed by atoms with E-state index in [0.717, 1.165) is 6.20 Å². The maximum atomic E-state index is 15.0. The average molecular weight is 587 g/mol. The lowest BCUT2D eigenvalue weighted by molar-refractivity contribution is 0.0903. The van der Waals surface area contributed by atoms with Crippen LogP contribution < -0.4 is 16.3 Å². The SMILES string of the molecule is CNC(=O)c1ccc(-n2c(=O)n(C[C@H]3CC[C@H](NC(=O)c4cc(Cl)cnc4C(F)F)CC3)c3cccc(F)c32)cn1. The van der Waals surface area contributed by atoms with E-state index in [1.54, 1.807) is 6.07 Å². The van der Waals surface area contributed by atoms with Gasteiger partial charge in [0.25, 0.3) is 18.2 Å². The van der Waals surface area contributed by atoms with Crippen molar-refractivity contribution in [3.8, 4) is 5.69 Å². The number of aromatic nitrogens is 4. The van der Waals surface area contributed by atoms with E-state index in [9.17, 15) is 23.2 Å². The van der Waals surface area contributed by atoms with Gasteiger partial charge in [0, 0.05) is 25.8 Å². The molecule has 0 radical (unpaired) electrons. The van der Waals surface area contributed by atoms with Crippen LogP contribution in [0.1, 0.15) is 58.6 Å². The first-order valence-corrected chi connectivity index (χ1v) is 13.4. The molecule has 0 aliphatic heterocycles. The molecule has 2 amide bonds. The zero-order valence-electron chi connectivity index (χ0n) is 21.9. The number of pyridine rings is 2. The van der Waals surface area contributed by atoms with Crippen LogP contribution in [0.25, 0.3) is 16.7 Å². The van der Waals surface area contributed by atoms with Crippen molar-refractivity contribution in [2.45, 2.75) is 44.7 Å². The lowest BCUT2D eigenvalue weighted by atomic mass is 9.85. The van der Waals surface area contributed by atoms with Crippen molar-refractivity contribution < 1.29 is 22.8 Å². The highest BCUT2D eigenvalue weighted by Crippen LogP contribution is 2.29. The third kappa shape index (κ3) is 5.69. The summed E-state index contributed by atoms with van der Waals surface area (Å²) in [5.74, 6) is -1.56. The van der Waals surface area contributed by atoms with Crippen LogP contribution >= 0.6 is 11.6 Å². The van der Waals surface area contributed by atoms with Gasteiger partial charge in [-0.2, -0.15) is 0 Å². The lowest BCUT2D eigenvalue weighted by Crippen LogP contribution is -2.39. The smallest absolute Gasteiger partial charge is 0.333 e. The van der Waals surface area contributed by atoms with Crippen molar-refractivity contribution in [2.75, 3.05) is 7.05 Å². The molecule has 0 atom stereocenters. The number of halogens is 4. The van der Waals surface area contributed by atoms with Gasteiger partial charge in [0.05, 0.1) is 28.0 Å². The number of hydrogen-bond donors (Lipinski definition) is 2. The average Bonchev–Trinajstić information content (AvgIpc) is 3.25. The van der Waals surface area contributed by atoms with Crippen LogP contribution in [0.15, 0.2) is 53.6 Å². The fourth-order valence-corrected chi connectivity index (χ4v) is 5.43. The van der Waals surface area contributed by atoms with Gasteiger partial charge in [0.2, 0.25) is 0 Å². The predicted octanol–water partition coefficient (Wildman–Crippen LogP) is 4.66. The number of hydrogen-bond acceptors (Lipinski definition) is 5. The summed E-state index contributed by atoms with van der Waals surface area (Å²) in [6.45, 7) is 0.323. The number of nitrogens with one attached hydrogen (secondary N) is 2. The number of para-hydroxylation sites is 1. The highest BCUT2D eigenvalue weighted by molar-refractivity contribution is 6.30. The second-order valence-electron chi connectivity index (χ2n) is 9.90. The summed E-state index contributed by atoms with van der Waals surface area (Å²) in [7, 11) is 1.48. The minimum atomic E-state index is -2.92. The molecule has 41 heavy (non-hydrogen) atoms. The van der Waals surface area contributed by atoms with Gasteiger partial charge in [0.15, 0.2) is 0 Å². The van der Waals surface area contributed by atoms with Gasteiger partial charge in [-0.1, -0.05) is 17.7 Å². The first-order valence-electron chi connectivity index (χ1n) is 13.0. The molecule has 5 rings (SSSR count). The molecule has 1 fully saturated rings. The van der Waals surface area contributed by atoms with Crippen molar-refractivity contribution in [1.82, 2.24) is 29.7 Å². The molecule has 4 aromatic rings. The summed E-state index contributed by atoms with van der Waals surface area (Å²) < 4.78 is 44.5. The van der Waals surface area contributed by atoms with Crippen molar-refractivity contribution >= 4 is 34.4 Å². The molecule has 0 saturated heterocycles. The first kappa shape index (κ1) is 28.3. The minimum Gasteiger partial charge on any atom is -0.354 e. The molecule has 0 spiro atoms. The first-order chi connectivity index (χ1) is 19.7. The second kappa shape index (κ2) is 11.7. The molecular formula is C28H26ClF3N6O3. The maximum Gasteiger partial charge on any atom is 0.333 e. The van der Waals surface area contributed by atoms with Gasteiger partial charge in [0.1, 0.15) is 22.7 Å². The van der Waals surface area contributed by atoms with Crippen LogP contribution in [0.4, 0.5) is 13.2 Å². The number of nitrogens with zero attached hydrogens (tertiary/aromatic N) is 4. The van der Waals surface area contributed by atoms with E-state index in [2.05, 4.69) is 20.6 Å². The van der Waals surface area contributed by atoms with E-state index in [0.29, 0.717) is 43.4 Å². The number of benzene rings is 1. The predicted molar refractivity (Wildman–Crippen MR) is 146 cm³/mol. The molecule has 0 unspecified atom stereocenters. The Bertz CT molecular complexity index is 1660. The zero-order chi connectivity index (χ0) is 29.3. The molecule has 1 aromatic carbocycles. The molecular weight excluding hydrogens is 561 g/mol. The Labute approximate surface area is 237 Å². The number of carbonyl (C=O) groups excluding carboxylic acids is 2. The Kier molecular flexibility index (Phi) is 8.11. The second-order valence-corrected chi connectivity index (χ2v) is 10.3. The van der Waals surface area contributed by atoms with Crippen LogP contribution in [-0.4, -0.2) is 44.0 Å². The van der Waals surface area contributed by atoms with Crippen molar-refractivity contribution in [1.29, 1.82) is 0 Å². The van der Waals surface area contributed by atoms with E-state index < -0.39 is 29.5 Å². The van der Waals surface area contributed by atoms with Crippen molar-refractivity contribution in [2.24, 2.45) is 5.92 Å². The lowest BCUT2D eigenvalue weighted by Gasteiger charge is -2.29. The van der Waals surface area contributed by atoms with Crippen LogP contribution in [-0.2, 0) is 6.54 Å². The summed E-state index contributed by atoms with van der Waals surface area (Å²) in [6.07, 6.45) is 1.95. The number of imidazole rings is 1. The molecule has 13 heteroatoms. The Morgan fingerprint density at radius 2 is 1.83 bits per heavy atom. The highest BCUT2D eigenvalue weighted by Gasteiger charge is 2.28. The van der Waals surface area contributed by atoms with Crippen LogP contribution in [0.5, 0.6) is 0 Å². The van der Waals surface area contributed by atoms with E-state index in [4.69, 9.17) is 11.6 Å². The topological polar surface area (TPSA) is 111 Å². The molecule has 214 valence electrons. The van der Waals surface area contributed by atoms with Gasteiger partial charge in [-0.05, 0) is 61.9 Å². The van der Waals surface area contributed by atoms with Gasteiger partial charge in [-0.15, -0.1) is 0 Å². The van der Waals surface area contributed by atoms with E-state index in [1.165, 1.54) is 52.7 Å². The largest absolute Gasteiger partial charge is 0.354 e. The molecule has 2 N–H and O–H groups in total. The number of alkyl halides is 2. The van der Waals surface area contributed by atoms with E-state index >= 15 is 4.39 Å². The highest BCUT2D eigenvalue weighted by atomic mass is 35.5. The summed E-state index contributed by atoms with van der Waals surface area (Å²) in [6, 6.07) is 8.42. The Hall–Kier alpha value is -4.19. The Morgan fingerprint density at radius 3 is 2.49 bits per heavy atom. The van der Waals surface area contributed by atoms with Crippen LogP contribution in [0.2, 0.25) is 5.02 Å². The van der Waals surface area contributed by atoms with Crippen molar-refractivity contribution in [3.05, 3.63) is 87.1 Å². The van der Waals surface area contributed by atoms with Gasteiger partial charge in [-0.3, -0.25) is 23.7 Å². The molecule has 1 aliphatic rings. The summed E-state index contributed by atoms with van der Waals surface area (Å²) >= 11 is 5.87. The minimum absolute atomic E-state index is 0.0568. The molecule has 9 nitrogen and oxygen atoms in total. The number of carbonyl (C=O) groups is 2. The number of fused-ring (bicyclic) bond motifs is 1. The maximum absolute atomic E-state index is 15.0. The standard InChI is InChI=1S/C28H26ClF3N6O3/c1-33-27(40)21-10-9-18(13-34-21)38-24-20(30)3-2-4-22(24)37(28(38)41)14-15-5-7-17(8-6-15)36-26(39)19-11-16(29)12-35-23(19)25(31)32/h2-4,9-13,15,17,25H,5-8,14H2,1H3,(H,33,40)(H,36,39)/t15-,17-. The summed E-state index contributed by atoms with van der Waals surface area (Å²) in [4.78, 5) is 45.9. The van der Waals surface area contributed by atoms with Crippen molar-refractivity contribution in [3.63, 3.8) is 0 Å². The number of rotatable bonds is 7. The fraction of sp³-hybridized carbons (Fsp3) is 0.321. The number of amides is 2. The van der Waals surface area contributed by atoms with Gasteiger partial charge in [-0.25, -0.2) is 22.9 Å². The molecule has 3 aromatic heterocycles.